The zero-order valence-electron chi connectivity index (χ0n) is 45.1. The molecule has 0 aliphatic heterocycles. The Balaban J connectivity index is 0.000000151. The van der Waals surface area contributed by atoms with E-state index in [0.717, 1.165) is 96.7 Å². The van der Waals surface area contributed by atoms with Gasteiger partial charge in [0.15, 0.2) is 0 Å². The molecule has 10 heteroatoms. The summed E-state index contributed by atoms with van der Waals surface area (Å²) in [6, 6.07) is 99.6. The van der Waals surface area contributed by atoms with Crippen LogP contribution in [0.1, 0.15) is 7.43 Å². The first-order valence-electron chi connectivity index (χ1n) is 26.8. The summed E-state index contributed by atoms with van der Waals surface area (Å²) in [5.41, 5.74) is 22.7. The largest absolute Gasteiger partial charge is 0.508 e. The van der Waals surface area contributed by atoms with Crippen molar-refractivity contribution in [1.29, 1.82) is 0 Å². The molecular formula is C73H67N9O. The van der Waals surface area contributed by atoms with Gasteiger partial charge in [0.2, 0.25) is 0 Å². The van der Waals surface area contributed by atoms with Gasteiger partial charge in [-0.2, -0.15) is 0 Å². The van der Waals surface area contributed by atoms with Crippen molar-refractivity contribution in [1.82, 2.24) is 0 Å². The standard InChI is InChI=1S/C24H21N3.C24H19N3.C12H12N2.C12H11NO.CH4/c2*1-3-7-19(8-4-1)25-21-11-15-23(16-12-21)27-24-17-13-22(14-18-24)26-20-9-5-2-6-10-20;13-10-6-8-12(9-7-10)14-11-4-2-1-3-5-11;14-12-8-6-11(7-9-12)13-10-4-2-1-3-5-10;/h1-18,25-27H;1-18,25H;1-9,14H,13H2;1-9,13-14H;1H4. The summed E-state index contributed by atoms with van der Waals surface area (Å²) in [7, 11) is 0. The molecule has 0 atom stereocenters. The summed E-state index contributed by atoms with van der Waals surface area (Å²) >= 11 is 0. The van der Waals surface area contributed by atoms with Crippen LogP contribution in [0.2, 0.25) is 0 Å². The van der Waals surface area contributed by atoms with Crippen molar-refractivity contribution in [3.8, 4) is 5.75 Å². The molecular weight excluding hydrogens is 1020 g/mol. The second kappa shape index (κ2) is 31.3. The molecule has 0 fully saturated rings. The van der Waals surface area contributed by atoms with Crippen LogP contribution in [-0.4, -0.2) is 16.5 Å². The van der Waals surface area contributed by atoms with E-state index in [1.807, 2.05) is 243 Å². The van der Waals surface area contributed by atoms with E-state index in [1.165, 1.54) is 0 Å². The third kappa shape index (κ3) is 20.1. The lowest BCUT2D eigenvalue weighted by molar-refractivity contribution is 0.475. The Labute approximate surface area is 487 Å². The fraction of sp³-hybridized carbons (Fsp3) is 0.0137. The first-order valence-corrected chi connectivity index (χ1v) is 26.8. The van der Waals surface area contributed by atoms with Crippen LogP contribution in [-0.2, 0) is 0 Å². The van der Waals surface area contributed by atoms with Gasteiger partial charge in [-0.3, -0.25) is 0 Å². The summed E-state index contributed by atoms with van der Waals surface area (Å²) in [5, 5.41) is 29.2. The molecule has 1 aliphatic carbocycles. The highest BCUT2D eigenvalue weighted by Crippen LogP contribution is 2.26. The number of allylic oxidation sites excluding steroid dienone is 4. The molecule has 12 rings (SSSR count). The number of nitrogen functional groups attached to an aromatic ring is 1. The van der Waals surface area contributed by atoms with Gasteiger partial charge in [-0.05, 0) is 218 Å². The molecule has 11 aromatic carbocycles. The maximum Gasteiger partial charge on any atom is 0.115 e. The van der Waals surface area contributed by atoms with E-state index in [9.17, 15) is 0 Å². The van der Waals surface area contributed by atoms with Crippen LogP contribution in [0.3, 0.4) is 0 Å². The molecule has 410 valence electrons. The summed E-state index contributed by atoms with van der Waals surface area (Å²) in [6.45, 7) is 0. The topological polar surface area (TPSA) is 143 Å². The Kier molecular flexibility index (Phi) is 21.8. The van der Waals surface area contributed by atoms with Gasteiger partial charge in [0.1, 0.15) is 5.75 Å². The van der Waals surface area contributed by atoms with E-state index in [0.29, 0.717) is 0 Å². The molecule has 0 spiro atoms. The summed E-state index contributed by atoms with van der Waals surface area (Å²) in [4.78, 5) is 9.26. The van der Waals surface area contributed by atoms with E-state index in [4.69, 9.17) is 10.8 Å². The van der Waals surface area contributed by atoms with E-state index in [1.54, 1.807) is 12.1 Å². The van der Waals surface area contributed by atoms with E-state index in [2.05, 4.69) is 115 Å². The average molecular weight is 1090 g/mol. The molecule has 0 amide bonds. The molecule has 9 N–H and O–H groups in total. The monoisotopic (exact) mass is 1090 g/mol. The number of rotatable bonds is 14. The second-order valence-electron chi connectivity index (χ2n) is 18.5. The second-order valence-corrected chi connectivity index (χ2v) is 18.5. The smallest absolute Gasteiger partial charge is 0.115 e. The zero-order chi connectivity index (χ0) is 56.2. The molecule has 11 aromatic rings. The fourth-order valence-electron chi connectivity index (χ4n) is 8.01. The number of aromatic hydroxyl groups is 1. The van der Waals surface area contributed by atoms with E-state index >= 15 is 0 Å². The van der Waals surface area contributed by atoms with E-state index < -0.39 is 0 Å². The van der Waals surface area contributed by atoms with Crippen LogP contribution < -0.4 is 37.6 Å². The van der Waals surface area contributed by atoms with Gasteiger partial charge in [0, 0.05) is 73.9 Å². The third-order valence-electron chi connectivity index (χ3n) is 12.1. The summed E-state index contributed by atoms with van der Waals surface area (Å²) in [6.07, 6.45) is 7.93. The average Bonchev–Trinajstić information content (AvgIpc) is 3.53. The van der Waals surface area contributed by atoms with Crippen molar-refractivity contribution in [2.24, 2.45) is 9.98 Å². The quantitative estimate of drug-likeness (QED) is 0.0306. The number of anilines is 13. The summed E-state index contributed by atoms with van der Waals surface area (Å²) in [5.74, 6) is 0.281. The predicted molar refractivity (Wildman–Crippen MR) is 356 cm³/mol. The first-order chi connectivity index (χ1) is 40.4. The number of hydrogen-bond acceptors (Lipinski definition) is 10. The molecule has 0 unspecified atom stereocenters. The van der Waals surface area contributed by atoms with Crippen molar-refractivity contribution in [2.75, 3.05) is 37.6 Å². The highest BCUT2D eigenvalue weighted by atomic mass is 16.3. The Morgan fingerprint density at radius 3 is 0.687 bits per heavy atom. The predicted octanol–water partition coefficient (Wildman–Crippen LogP) is 20.1. The molecule has 83 heavy (non-hydrogen) atoms. The number of nitrogens with zero attached hydrogens (tertiary/aromatic N) is 2. The van der Waals surface area contributed by atoms with E-state index in [-0.39, 0.29) is 13.2 Å². The highest BCUT2D eigenvalue weighted by Gasteiger charge is 2.03. The maximum atomic E-state index is 9.09. The molecule has 0 heterocycles. The van der Waals surface area contributed by atoms with Crippen molar-refractivity contribution >= 4 is 96.7 Å². The molecule has 0 radical (unpaired) electrons. The van der Waals surface area contributed by atoms with Gasteiger partial charge in [-0.15, -0.1) is 0 Å². The normalized spacial score (nSPS) is 10.7. The Morgan fingerprint density at radius 1 is 0.229 bits per heavy atom. The van der Waals surface area contributed by atoms with Crippen LogP contribution in [0, 0.1) is 0 Å². The van der Waals surface area contributed by atoms with Gasteiger partial charge in [-0.1, -0.05) is 117 Å². The summed E-state index contributed by atoms with van der Waals surface area (Å²) < 4.78 is 0. The molecule has 0 bridgehead atoms. The SMILES string of the molecule is C.C1=CC(=Nc2ccc(Nc3ccccc3)cc2)C=CC1=Nc1ccccc1.Nc1ccc(Nc2ccccc2)cc1.Oc1ccc(Nc2ccccc2)cc1.c1ccc(Nc2ccc(Nc3ccc(Nc4ccccc4)cc3)cc2)cc1. The lowest BCUT2D eigenvalue weighted by Gasteiger charge is -2.11. The van der Waals surface area contributed by atoms with Crippen LogP contribution in [0.4, 0.5) is 85.3 Å². The number of nitrogens with two attached hydrogens (primary N) is 1. The number of hydrogen-bond donors (Lipinski definition) is 8. The van der Waals surface area contributed by atoms with Gasteiger partial charge in [0.05, 0.1) is 22.8 Å². The number of phenols is 1. The first kappa shape index (κ1) is 57.8. The number of nitrogens with one attached hydrogen (secondary N) is 6. The van der Waals surface area contributed by atoms with Gasteiger partial charge in [-0.25, -0.2) is 9.98 Å². The number of phenolic OH excluding ortho intramolecular Hbond substituents is 1. The molecule has 10 nitrogen and oxygen atoms in total. The minimum absolute atomic E-state index is 0. The third-order valence-corrected chi connectivity index (χ3v) is 12.1. The fourth-order valence-corrected chi connectivity index (χ4v) is 8.01. The minimum Gasteiger partial charge on any atom is -0.508 e. The number of para-hydroxylation sites is 6. The van der Waals surface area contributed by atoms with Crippen LogP contribution >= 0.6 is 0 Å². The minimum atomic E-state index is 0. The molecule has 0 saturated heterocycles. The lowest BCUT2D eigenvalue weighted by atomic mass is 10.1. The van der Waals surface area contributed by atoms with Crippen molar-refractivity contribution in [2.45, 2.75) is 7.43 Å². The lowest BCUT2D eigenvalue weighted by Crippen LogP contribution is -1.99. The number of benzene rings is 11. The molecule has 1 aliphatic rings. The Hall–Kier alpha value is -11.4. The van der Waals surface area contributed by atoms with Crippen LogP contribution in [0.5, 0.6) is 5.75 Å². The van der Waals surface area contributed by atoms with Crippen molar-refractivity contribution in [3.63, 3.8) is 0 Å². The van der Waals surface area contributed by atoms with Gasteiger partial charge < -0.3 is 42.7 Å². The van der Waals surface area contributed by atoms with Crippen LogP contribution in [0.15, 0.2) is 338 Å². The highest BCUT2D eigenvalue weighted by molar-refractivity contribution is 6.19. The van der Waals surface area contributed by atoms with Crippen molar-refractivity contribution < 1.29 is 5.11 Å². The van der Waals surface area contributed by atoms with Gasteiger partial charge >= 0.3 is 0 Å². The number of aliphatic imine (C=N–C) groups is 2. The van der Waals surface area contributed by atoms with Crippen molar-refractivity contribution in [3.05, 3.63) is 328 Å². The Bertz CT molecular complexity index is 3550. The van der Waals surface area contributed by atoms with Crippen LogP contribution in [0.25, 0.3) is 0 Å². The molecule has 0 aromatic heterocycles. The maximum absolute atomic E-state index is 9.09. The zero-order valence-corrected chi connectivity index (χ0v) is 45.1. The Morgan fingerprint density at radius 2 is 0.422 bits per heavy atom. The van der Waals surface area contributed by atoms with Gasteiger partial charge in [0.25, 0.3) is 0 Å². The molecule has 0 saturated carbocycles.